The molecular formula is C51H92N10O17. The van der Waals surface area contributed by atoms with E-state index in [0.29, 0.717) is 25.9 Å². The molecule has 2 rings (SSSR count). The molecule has 27 nitrogen and oxygen atoms in total. The summed E-state index contributed by atoms with van der Waals surface area (Å²) in [5.41, 5.74) is 21.6. The number of hydrogen-bond donors (Lipinski definition) is 14. The third-order valence-electron chi connectivity index (χ3n) is 12.1. The average Bonchev–Trinajstić information content (AvgIpc) is 3.36. The van der Waals surface area contributed by atoms with Crippen LogP contribution in [0.15, 0.2) is 33.7 Å². The molecule has 0 aliphatic carbocycles. The Bertz CT molecular complexity index is 1940. The van der Waals surface area contributed by atoms with Crippen molar-refractivity contribution in [3.8, 4) is 0 Å². The number of aliphatic carboxylic acids is 2. The molecule has 0 saturated carbocycles. The van der Waals surface area contributed by atoms with Crippen molar-refractivity contribution in [3.63, 3.8) is 0 Å². The van der Waals surface area contributed by atoms with Gasteiger partial charge in [-0.25, -0.2) is 24.4 Å². The number of alkyl carbamates (subject to hydrolysis) is 1. The first-order valence-corrected chi connectivity index (χ1v) is 26.8. The fourth-order valence-electron chi connectivity index (χ4n) is 8.26. The molecular weight excluding hydrogens is 1020 g/mol. The van der Waals surface area contributed by atoms with E-state index in [1.807, 2.05) is 20.8 Å². The summed E-state index contributed by atoms with van der Waals surface area (Å²) in [6.45, 7) is 9.40. The van der Waals surface area contributed by atoms with Crippen LogP contribution in [0, 0.1) is 5.92 Å². The van der Waals surface area contributed by atoms with E-state index in [2.05, 4.69) is 38.2 Å². The van der Waals surface area contributed by atoms with Crippen LogP contribution in [0.1, 0.15) is 138 Å². The third-order valence-corrected chi connectivity index (χ3v) is 12.1. The molecule has 18 N–H and O–H groups in total. The number of nitrogens with two attached hydrogens (primary N) is 4. The predicted molar refractivity (Wildman–Crippen MR) is 288 cm³/mol. The number of aliphatic hydroxyl groups is 4. The second kappa shape index (κ2) is 38.5. The number of unbranched alkanes of at least 4 members (excludes halogenated alkanes) is 13. The van der Waals surface area contributed by atoms with Gasteiger partial charge in [0.2, 0.25) is 29.2 Å². The lowest BCUT2D eigenvalue weighted by atomic mass is 9.87. The fraction of sp³-hybridized carbons (Fsp3) is 0.765. The molecule has 0 bridgehead atoms. The number of carboxylic acid groups (broad SMARTS) is 2. The van der Waals surface area contributed by atoms with Gasteiger partial charge in [-0.2, -0.15) is 0 Å². The van der Waals surface area contributed by atoms with Crippen molar-refractivity contribution in [1.82, 2.24) is 21.3 Å². The van der Waals surface area contributed by atoms with Crippen LogP contribution in [0.25, 0.3) is 0 Å². The number of carbonyl (C=O) groups excluding carboxylic acids is 4. The maximum absolute atomic E-state index is 12.6. The number of aliphatic imine (C=N–C) groups is 2. The number of ether oxygens (including phenoxy) is 5. The molecule has 448 valence electrons. The molecule has 78 heavy (non-hydrogen) atoms. The van der Waals surface area contributed by atoms with E-state index in [-0.39, 0.29) is 12.1 Å². The first-order valence-electron chi connectivity index (χ1n) is 26.8. The number of guanidine groups is 2. The van der Waals surface area contributed by atoms with Gasteiger partial charge in [0.25, 0.3) is 0 Å². The van der Waals surface area contributed by atoms with E-state index < -0.39 is 140 Å². The van der Waals surface area contributed by atoms with E-state index in [0.717, 1.165) is 51.1 Å². The summed E-state index contributed by atoms with van der Waals surface area (Å²) in [7, 11) is 0. The first kappa shape index (κ1) is 70.0. The minimum atomic E-state index is -1.66. The highest BCUT2D eigenvalue weighted by Crippen LogP contribution is 2.31. The predicted octanol–water partition coefficient (Wildman–Crippen LogP) is 0.237. The third kappa shape index (κ3) is 29.7. The average molecular weight is 1120 g/mol. The summed E-state index contributed by atoms with van der Waals surface area (Å²) in [4.78, 5) is 79.8. The van der Waals surface area contributed by atoms with Gasteiger partial charge in [-0.1, -0.05) is 90.9 Å². The minimum absolute atomic E-state index is 0.291. The summed E-state index contributed by atoms with van der Waals surface area (Å²) in [6, 6.07) is -3.12. The lowest BCUT2D eigenvalue weighted by molar-refractivity contribution is -0.160. The van der Waals surface area contributed by atoms with Crippen LogP contribution in [-0.2, 0) is 47.7 Å². The monoisotopic (exact) mass is 1120 g/mol. The smallest absolute Gasteiger partial charge is 0.407 e. The highest BCUT2D eigenvalue weighted by atomic mass is 16.6. The molecule has 0 radical (unpaired) electrons. The summed E-state index contributed by atoms with van der Waals surface area (Å²) in [5, 5.41) is 70.1. The van der Waals surface area contributed by atoms with Gasteiger partial charge in [0.15, 0.2) is 18.0 Å². The van der Waals surface area contributed by atoms with Gasteiger partial charge in [0, 0.05) is 32.5 Å². The van der Waals surface area contributed by atoms with E-state index in [4.69, 9.17) is 46.6 Å². The number of nitrogens with one attached hydrogen (secondary N) is 4. The van der Waals surface area contributed by atoms with E-state index in [9.17, 15) is 59.4 Å². The first-order chi connectivity index (χ1) is 36.8. The van der Waals surface area contributed by atoms with Gasteiger partial charge in [0.05, 0.1) is 31.3 Å². The normalized spacial score (nSPS) is 20.4. The number of nitrogens with zero attached hydrogens (tertiary/aromatic N) is 2. The summed E-state index contributed by atoms with van der Waals surface area (Å²) in [5.74, 6) is -6.89. The Labute approximate surface area is 457 Å². The van der Waals surface area contributed by atoms with Crippen LogP contribution in [0.4, 0.5) is 4.79 Å². The zero-order valence-electron chi connectivity index (χ0n) is 46.4. The van der Waals surface area contributed by atoms with Crippen molar-refractivity contribution < 1.29 is 83.1 Å². The molecule has 2 heterocycles. The van der Waals surface area contributed by atoms with E-state index in [1.165, 1.54) is 57.9 Å². The Morgan fingerprint density at radius 2 is 1.01 bits per heavy atom. The van der Waals surface area contributed by atoms with Crippen molar-refractivity contribution >= 4 is 47.7 Å². The highest BCUT2D eigenvalue weighted by molar-refractivity contribution is 5.86. The van der Waals surface area contributed by atoms with Crippen molar-refractivity contribution in [1.29, 1.82) is 0 Å². The van der Waals surface area contributed by atoms with E-state index in [1.54, 1.807) is 6.92 Å². The molecule has 0 unspecified atom stereocenters. The van der Waals surface area contributed by atoms with Crippen LogP contribution < -0.4 is 44.2 Å². The molecule has 0 aromatic carbocycles. The van der Waals surface area contributed by atoms with Crippen molar-refractivity contribution in [2.24, 2.45) is 38.8 Å². The molecule has 0 saturated heterocycles. The van der Waals surface area contributed by atoms with Crippen LogP contribution >= 0.6 is 0 Å². The molecule has 27 heteroatoms. The molecule has 0 aromatic rings. The molecule has 0 aromatic heterocycles. The Hall–Kier alpha value is -6.00. The molecule has 10 atom stereocenters. The summed E-state index contributed by atoms with van der Waals surface area (Å²) in [6.07, 6.45) is 9.31. The maximum atomic E-state index is 12.6. The Morgan fingerprint density at radius 3 is 1.41 bits per heavy atom. The van der Waals surface area contributed by atoms with Gasteiger partial charge < -0.3 is 98.5 Å². The lowest BCUT2D eigenvalue weighted by Crippen LogP contribution is -2.60. The Kier molecular flexibility index (Phi) is 34.6. The Balaban J connectivity index is 0.00000143. The number of hydrogen-bond acceptors (Lipinski definition) is 17. The van der Waals surface area contributed by atoms with Crippen molar-refractivity contribution in [2.45, 2.75) is 198 Å². The summed E-state index contributed by atoms with van der Waals surface area (Å²) >= 11 is 0. The summed E-state index contributed by atoms with van der Waals surface area (Å²) < 4.78 is 27.5. The fourth-order valence-corrected chi connectivity index (χ4v) is 8.26. The minimum Gasteiger partial charge on any atom is -0.480 e. The molecule has 2 aliphatic heterocycles. The number of rotatable bonds is 36. The molecule has 0 fully saturated rings. The number of carboxylic acids is 2. The van der Waals surface area contributed by atoms with Gasteiger partial charge >= 0.3 is 18.0 Å². The number of carbonyl (C=O) groups is 6. The Morgan fingerprint density at radius 1 is 0.628 bits per heavy atom. The largest absolute Gasteiger partial charge is 0.480 e. The lowest BCUT2D eigenvalue weighted by Gasteiger charge is -2.40. The maximum Gasteiger partial charge on any atom is 0.407 e. The standard InChI is InChI=1S/C36H61N9O15.C15H31NO2/c1-18-20(44-35(37)38)12-24(33(53)54)59-29(18)30(22(49)14-46)57-16-26(51)41-10-8-6-4-3-5-7-9-11-42-27(52)17-58-31(23(50)15-47)32-28(43-19(2)48)21(45-36(39)40)13-25(60-32)34(55)56;1-5-6-7-8-9-10-11-12-13-16-14(17)18-15(2,3)4/h12-13,18,20-23,28-32,46-47,49-50H,3-11,14-17H2,1-2H3,(H,41,51)(H,42,52)(H,43,48)(H,53,54)(H,55,56)(H4,37,38,44)(H4,39,40,45);5-13H2,1-4H3,(H,16,17)/t18-,20+,21+,22-,23-,28-,29-,30-,31-,32-;/m1./s1. The topological polar surface area (TPSA) is 447 Å². The van der Waals surface area contributed by atoms with Crippen molar-refractivity contribution in [3.05, 3.63) is 23.7 Å². The quantitative estimate of drug-likeness (QED) is 0.0227. The van der Waals surface area contributed by atoms with Gasteiger partial charge in [-0.05, 0) is 52.2 Å². The van der Waals surface area contributed by atoms with Gasteiger partial charge in [-0.3, -0.25) is 14.4 Å². The second-order valence-electron chi connectivity index (χ2n) is 20.1. The SMILES string of the molecule is CC(=O)N[C@H]1[C@H]([C@H](OCC(=O)NCCCCCCCCCNC(=O)CO[C@@H]([C@@H]2OC(C(=O)O)=C[C@H](N=C(N)N)[C@H]2C)[C@H](O)CO)[C@H](O)CO)OC(C(=O)O)=C[C@@H]1N=C(N)N.CCCCCCCCCCNC(=O)OC(C)(C)C. The van der Waals surface area contributed by atoms with Gasteiger partial charge in [-0.15, -0.1) is 0 Å². The molecule has 2 aliphatic rings. The van der Waals surface area contributed by atoms with Crippen LogP contribution in [0.5, 0.6) is 0 Å². The van der Waals surface area contributed by atoms with Crippen LogP contribution in [-0.4, -0.2) is 185 Å². The van der Waals surface area contributed by atoms with Crippen LogP contribution in [0.2, 0.25) is 0 Å². The zero-order chi connectivity index (χ0) is 58.8. The van der Waals surface area contributed by atoms with Crippen molar-refractivity contribution in [2.75, 3.05) is 46.1 Å². The zero-order valence-corrected chi connectivity index (χ0v) is 46.4. The van der Waals surface area contributed by atoms with Crippen LogP contribution in [0.3, 0.4) is 0 Å². The highest BCUT2D eigenvalue weighted by Gasteiger charge is 2.46. The second-order valence-corrected chi connectivity index (χ2v) is 20.1. The molecule has 4 amide bonds. The molecule has 0 spiro atoms. The van der Waals surface area contributed by atoms with E-state index >= 15 is 0 Å². The number of amides is 4. The number of aliphatic hydroxyl groups excluding tert-OH is 4. The van der Waals surface area contributed by atoms with Gasteiger partial charge in [0.1, 0.15) is 49.3 Å².